The van der Waals surface area contributed by atoms with Gasteiger partial charge >= 0.3 is 5.97 Å². The van der Waals surface area contributed by atoms with Crippen molar-refractivity contribution in [2.75, 3.05) is 13.2 Å². The molecular formula is C29H36N2O4. The van der Waals surface area contributed by atoms with E-state index in [0.29, 0.717) is 30.0 Å². The van der Waals surface area contributed by atoms with Gasteiger partial charge in [-0.3, -0.25) is 4.79 Å². The molecule has 0 aliphatic carbocycles. The monoisotopic (exact) mass is 476 g/mol. The number of esters is 1. The van der Waals surface area contributed by atoms with Crippen molar-refractivity contribution in [3.63, 3.8) is 0 Å². The van der Waals surface area contributed by atoms with E-state index in [1.165, 1.54) is 0 Å². The van der Waals surface area contributed by atoms with Crippen LogP contribution in [0, 0.1) is 13.8 Å². The van der Waals surface area contributed by atoms with Crippen molar-refractivity contribution in [2.45, 2.75) is 52.4 Å². The molecule has 3 aromatic rings. The minimum atomic E-state index is -0.357. The molecule has 1 amide bonds. The van der Waals surface area contributed by atoms with Crippen molar-refractivity contribution in [3.8, 4) is 11.5 Å². The molecule has 0 bridgehead atoms. The standard InChI is InChI=1S/C29H36N2O4/c1-22-11-10-12-24(19-22)29(33)35-27-14-13-26(20-23(27)2)34-18-9-7-5-4-6-8-16-30-28(32)25-15-17-31(3)21-25/h10-15,17,19-21H,4-9,16,18H2,1-3H3,(H,30,32). The van der Waals surface area contributed by atoms with Crippen molar-refractivity contribution in [1.82, 2.24) is 9.88 Å². The van der Waals surface area contributed by atoms with Gasteiger partial charge in [-0.1, -0.05) is 43.4 Å². The number of rotatable bonds is 13. The van der Waals surface area contributed by atoms with Crippen molar-refractivity contribution in [3.05, 3.63) is 83.2 Å². The highest BCUT2D eigenvalue weighted by Gasteiger charge is 2.11. The molecule has 0 unspecified atom stereocenters. The number of hydrogen-bond donors (Lipinski definition) is 1. The maximum Gasteiger partial charge on any atom is 0.343 e. The number of ether oxygens (including phenoxy) is 2. The molecule has 0 atom stereocenters. The van der Waals surface area contributed by atoms with Crippen LogP contribution in [0.1, 0.15) is 70.4 Å². The summed E-state index contributed by atoms with van der Waals surface area (Å²) < 4.78 is 13.3. The normalized spacial score (nSPS) is 10.7. The summed E-state index contributed by atoms with van der Waals surface area (Å²) in [5.74, 6) is 0.968. The third-order valence-corrected chi connectivity index (χ3v) is 5.82. The molecule has 1 heterocycles. The van der Waals surface area contributed by atoms with Crippen LogP contribution in [-0.2, 0) is 7.05 Å². The molecular weight excluding hydrogens is 440 g/mol. The van der Waals surface area contributed by atoms with Gasteiger partial charge in [0.2, 0.25) is 0 Å². The second kappa shape index (κ2) is 13.4. The van der Waals surface area contributed by atoms with Crippen LogP contribution < -0.4 is 14.8 Å². The number of amides is 1. The van der Waals surface area contributed by atoms with Gasteiger partial charge in [-0.05, 0) is 68.7 Å². The first kappa shape index (κ1) is 26.1. The number of nitrogens with zero attached hydrogens (tertiary/aromatic N) is 1. The summed E-state index contributed by atoms with van der Waals surface area (Å²) >= 11 is 0. The highest BCUT2D eigenvalue weighted by atomic mass is 16.5. The van der Waals surface area contributed by atoms with E-state index in [4.69, 9.17) is 9.47 Å². The fourth-order valence-electron chi connectivity index (χ4n) is 3.82. The fourth-order valence-corrected chi connectivity index (χ4v) is 3.82. The molecule has 1 N–H and O–H groups in total. The predicted molar refractivity (Wildman–Crippen MR) is 138 cm³/mol. The van der Waals surface area contributed by atoms with Gasteiger partial charge in [-0.15, -0.1) is 0 Å². The van der Waals surface area contributed by atoms with Crippen LogP contribution in [0.4, 0.5) is 0 Å². The Morgan fingerprint density at radius 1 is 0.886 bits per heavy atom. The Morgan fingerprint density at radius 2 is 1.66 bits per heavy atom. The van der Waals surface area contributed by atoms with Crippen LogP contribution in [-0.4, -0.2) is 29.6 Å². The zero-order valence-corrected chi connectivity index (χ0v) is 21.0. The number of hydrogen-bond acceptors (Lipinski definition) is 4. The zero-order chi connectivity index (χ0) is 25.0. The molecule has 3 rings (SSSR count). The average Bonchev–Trinajstić information content (AvgIpc) is 3.28. The second-order valence-electron chi connectivity index (χ2n) is 8.98. The number of carbonyl (C=O) groups is 2. The van der Waals surface area contributed by atoms with Crippen molar-refractivity contribution >= 4 is 11.9 Å². The third-order valence-electron chi connectivity index (χ3n) is 5.82. The lowest BCUT2D eigenvalue weighted by Gasteiger charge is -2.11. The quantitative estimate of drug-likeness (QED) is 0.186. The Hall–Kier alpha value is -3.54. The van der Waals surface area contributed by atoms with Gasteiger partial charge in [0, 0.05) is 26.0 Å². The Labute approximate surface area is 208 Å². The van der Waals surface area contributed by atoms with E-state index in [0.717, 1.165) is 55.4 Å². The largest absolute Gasteiger partial charge is 0.494 e. The molecule has 0 saturated carbocycles. The third kappa shape index (κ3) is 8.63. The average molecular weight is 477 g/mol. The van der Waals surface area contributed by atoms with Gasteiger partial charge in [0.15, 0.2) is 0 Å². The first-order valence-electron chi connectivity index (χ1n) is 12.3. The fraction of sp³-hybridized carbons (Fsp3) is 0.379. The lowest BCUT2D eigenvalue weighted by atomic mass is 10.1. The summed E-state index contributed by atoms with van der Waals surface area (Å²) in [6.07, 6.45) is 10.2. The lowest BCUT2D eigenvalue weighted by molar-refractivity contribution is 0.0733. The number of benzene rings is 2. The van der Waals surface area contributed by atoms with Crippen molar-refractivity contribution in [1.29, 1.82) is 0 Å². The molecule has 6 heteroatoms. The SMILES string of the molecule is Cc1cccc(C(=O)Oc2ccc(OCCCCCCCCNC(=O)c3ccn(C)c3)cc2C)c1. The maximum absolute atomic E-state index is 12.4. The van der Waals surface area contributed by atoms with E-state index < -0.39 is 0 Å². The molecule has 0 aliphatic rings. The van der Waals surface area contributed by atoms with E-state index in [9.17, 15) is 9.59 Å². The molecule has 0 fully saturated rings. The van der Waals surface area contributed by atoms with Crippen LogP contribution >= 0.6 is 0 Å². The molecule has 2 aromatic carbocycles. The van der Waals surface area contributed by atoms with Gasteiger partial charge in [0.1, 0.15) is 11.5 Å². The molecule has 6 nitrogen and oxygen atoms in total. The maximum atomic E-state index is 12.4. The number of aryl methyl sites for hydroxylation is 3. The van der Waals surface area contributed by atoms with Gasteiger partial charge in [-0.25, -0.2) is 4.79 Å². The van der Waals surface area contributed by atoms with Crippen LogP contribution in [0.25, 0.3) is 0 Å². The molecule has 0 radical (unpaired) electrons. The van der Waals surface area contributed by atoms with Gasteiger partial charge < -0.3 is 19.4 Å². The zero-order valence-electron chi connectivity index (χ0n) is 21.0. The van der Waals surface area contributed by atoms with E-state index >= 15 is 0 Å². The van der Waals surface area contributed by atoms with Gasteiger partial charge in [0.25, 0.3) is 5.91 Å². The van der Waals surface area contributed by atoms with Crippen LogP contribution in [0.5, 0.6) is 11.5 Å². The first-order chi connectivity index (χ1) is 16.9. The summed E-state index contributed by atoms with van der Waals surface area (Å²) in [6.45, 7) is 5.23. The van der Waals surface area contributed by atoms with E-state index in [1.807, 2.05) is 74.3 Å². The smallest absolute Gasteiger partial charge is 0.343 e. The van der Waals surface area contributed by atoms with Gasteiger partial charge in [-0.2, -0.15) is 0 Å². The Balaban J connectivity index is 1.25. The van der Waals surface area contributed by atoms with E-state index in [-0.39, 0.29) is 11.9 Å². The van der Waals surface area contributed by atoms with Crippen LogP contribution in [0.3, 0.4) is 0 Å². The van der Waals surface area contributed by atoms with Crippen LogP contribution in [0.15, 0.2) is 60.9 Å². The Kier molecular flexibility index (Phi) is 9.96. The number of carbonyl (C=O) groups excluding carboxylic acids is 2. The summed E-state index contributed by atoms with van der Waals surface area (Å²) in [7, 11) is 1.91. The lowest BCUT2D eigenvalue weighted by Crippen LogP contribution is -2.23. The summed E-state index contributed by atoms with van der Waals surface area (Å²) in [6, 6.07) is 14.7. The molecule has 0 saturated heterocycles. The van der Waals surface area contributed by atoms with Crippen LogP contribution in [0.2, 0.25) is 0 Å². The molecule has 186 valence electrons. The molecule has 35 heavy (non-hydrogen) atoms. The minimum absolute atomic E-state index is 0.00421. The highest BCUT2D eigenvalue weighted by molar-refractivity contribution is 5.94. The predicted octanol–water partition coefficient (Wildman–Crippen LogP) is 6.01. The summed E-state index contributed by atoms with van der Waals surface area (Å²) in [4.78, 5) is 24.4. The van der Waals surface area contributed by atoms with Gasteiger partial charge in [0.05, 0.1) is 17.7 Å². The number of unbranched alkanes of at least 4 members (excludes halogenated alkanes) is 5. The summed E-state index contributed by atoms with van der Waals surface area (Å²) in [5.41, 5.74) is 3.14. The van der Waals surface area contributed by atoms with E-state index in [2.05, 4.69) is 5.32 Å². The molecule has 1 aromatic heterocycles. The Bertz CT molecular complexity index is 1120. The molecule has 0 spiro atoms. The Morgan fingerprint density at radius 3 is 2.37 bits per heavy atom. The number of aromatic nitrogens is 1. The highest BCUT2D eigenvalue weighted by Crippen LogP contribution is 2.24. The first-order valence-corrected chi connectivity index (χ1v) is 12.3. The minimum Gasteiger partial charge on any atom is -0.494 e. The van der Waals surface area contributed by atoms with E-state index in [1.54, 1.807) is 12.1 Å². The second-order valence-corrected chi connectivity index (χ2v) is 8.98. The number of nitrogens with one attached hydrogen (secondary N) is 1. The topological polar surface area (TPSA) is 69.6 Å². The van der Waals surface area contributed by atoms with Crippen molar-refractivity contribution in [2.24, 2.45) is 7.05 Å². The summed E-state index contributed by atoms with van der Waals surface area (Å²) in [5, 5.41) is 2.97. The van der Waals surface area contributed by atoms with Crippen molar-refractivity contribution < 1.29 is 19.1 Å². The molecule has 0 aliphatic heterocycles.